The molecule has 0 aromatic heterocycles. The van der Waals surface area contributed by atoms with Crippen molar-refractivity contribution in [2.45, 2.75) is 37.0 Å². The van der Waals surface area contributed by atoms with Crippen molar-refractivity contribution >= 4 is 27.6 Å². The molecule has 31 heavy (non-hydrogen) atoms. The highest BCUT2D eigenvalue weighted by atomic mass is 32.2. The van der Waals surface area contributed by atoms with Gasteiger partial charge in [-0.15, -0.1) is 0 Å². The minimum Gasteiger partial charge on any atom is -0.324 e. The molecule has 2 fully saturated rings. The molecule has 2 aliphatic heterocycles. The zero-order valence-corrected chi connectivity index (χ0v) is 18.3. The van der Waals surface area contributed by atoms with E-state index in [1.165, 1.54) is 33.5 Å². The van der Waals surface area contributed by atoms with Gasteiger partial charge in [-0.05, 0) is 68.5 Å². The number of hydrogen-bond donors (Lipinski definition) is 0. The highest BCUT2D eigenvalue weighted by molar-refractivity contribution is 7.89. The van der Waals surface area contributed by atoms with Crippen molar-refractivity contribution in [3.8, 4) is 0 Å². The maximum absolute atomic E-state index is 13.4. The number of hydrogen-bond acceptors (Lipinski definition) is 4. The molecule has 0 saturated carbocycles. The fourth-order valence-corrected chi connectivity index (χ4v) is 5.61. The Balaban J connectivity index is 1.61. The van der Waals surface area contributed by atoms with E-state index >= 15 is 0 Å². The highest BCUT2D eigenvalue weighted by Crippen LogP contribution is 2.24. The first-order valence-electron chi connectivity index (χ1n) is 10.8. The van der Waals surface area contributed by atoms with Crippen LogP contribution in [0.5, 0.6) is 0 Å². The van der Waals surface area contributed by atoms with E-state index in [9.17, 15) is 18.0 Å². The minimum absolute atomic E-state index is 0.166. The predicted octanol–water partition coefficient (Wildman–Crippen LogP) is 3.72. The quantitative estimate of drug-likeness (QED) is 0.724. The molecule has 8 heteroatoms. The largest absolute Gasteiger partial charge is 0.331 e. The molecule has 0 bridgehead atoms. The number of amides is 3. The van der Waals surface area contributed by atoms with Gasteiger partial charge in [0.1, 0.15) is 0 Å². The topological polar surface area (TPSA) is 78.0 Å². The van der Waals surface area contributed by atoms with Crippen LogP contribution < -0.4 is 4.90 Å². The first-order valence-corrected chi connectivity index (χ1v) is 12.2. The number of sulfonamides is 1. The van der Waals surface area contributed by atoms with Gasteiger partial charge < -0.3 is 4.90 Å². The lowest BCUT2D eigenvalue weighted by Gasteiger charge is -2.32. The maximum atomic E-state index is 13.4. The van der Waals surface area contributed by atoms with Gasteiger partial charge in [-0.1, -0.05) is 18.2 Å². The summed E-state index contributed by atoms with van der Waals surface area (Å²) in [5.74, 6) is -0.466. The number of likely N-dealkylation sites (tertiary alicyclic amines) is 1. The number of nitrogens with zero attached hydrogens (tertiary/aromatic N) is 3. The molecule has 0 radical (unpaired) electrons. The van der Waals surface area contributed by atoms with E-state index in [4.69, 9.17) is 0 Å². The number of carbonyl (C=O) groups excluding carboxylic acids is 2. The van der Waals surface area contributed by atoms with Crippen molar-refractivity contribution < 1.29 is 18.0 Å². The summed E-state index contributed by atoms with van der Waals surface area (Å²) in [5, 5.41) is 0. The van der Waals surface area contributed by atoms with Crippen LogP contribution in [0.1, 0.15) is 42.5 Å². The lowest BCUT2D eigenvalue weighted by molar-refractivity contribution is 0.0983. The molecular weight excluding hydrogens is 414 g/mol. The molecule has 164 valence electrons. The number of piperidine rings is 1. The monoisotopic (exact) mass is 441 g/mol. The Labute approximate surface area is 183 Å². The van der Waals surface area contributed by atoms with Gasteiger partial charge in [-0.2, -0.15) is 4.31 Å². The molecule has 7 nitrogen and oxygen atoms in total. The van der Waals surface area contributed by atoms with Crippen molar-refractivity contribution in [3.05, 3.63) is 60.2 Å². The average molecular weight is 442 g/mol. The molecule has 2 aliphatic rings. The Hall–Kier alpha value is -2.71. The SMILES string of the molecule is O=C(c1ccc(S(=O)(=O)N2CCCC2)cc1)N(C(=O)N1CCCCC1)c1ccccc1. The Kier molecular flexibility index (Phi) is 6.38. The average Bonchev–Trinajstić information content (AvgIpc) is 3.36. The van der Waals surface area contributed by atoms with Gasteiger partial charge in [0, 0.05) is 31.7 Å². The molecule has 2 aromatic carbocycles. The molecule has 2 saturated heterocycles. The van der Waals surface area contributed by atoms with Gasteiger partial charge in [-0.25, -0.2) is 18.1 Å². The Bertz CT molecular complexity index is 1030. The van der Waals surface area contributed by atoms with Crippen LogP contribution in [-0.2, 0) is 10.0 Å². The first-order chi connectivity index (χ1) is 15.0. The summed E-state index contributed by atoms with van der Waals surface area (Å²) in [6.07, 6.45) is 4.65. The van der Waals surface area contributed by atoms with E-state index < -0.39 is 15.9 Å². The minimum atomic E-state index is -3.55. The normalized spacial score (nSPS) is 17.5. The number of para-hydroxylation sites is 1. The van der Waals surface area contributed by atoms with Gasteiger partial charge in [0.25, 0.3) is 5.91 Å². The second kappa shape index (κ2) is 9.20. The molecular formula is C23H27N3O4S. The summed E-state index contributed by atoms with van der Waals surface area (Å²) in [7, 11) is -3.55. The molecule has 2 heterocycles. The van der Waals surface area contributed by atoms with Crippen LogP contribution in [0.3, 0.4) is 0 Å². The molecule has 0 spiro atoms. The van der Waals surface area contributed by atoms with E-state index in [0.717, 1.165) is 32.1 Å². The van der Waals surface area contributed by atoms with Crippen molar-refractivity contribution in [2.24, 2.45) is 0 Å². The maximum Gasteiger partial charge on any atom is 0.331 e. The molecule has 2 aromatic rings. The number of imide groups is 1. The van der Waals surface area contributed by atoms with E-state index in [-0.39, 0.29) is 16.5 Å². The number of carbonyl (C=O) groups is 2. The molecule has 0 N–H and O–H groups in total. The van der Waals surface area contributed by atoms with Crippen LogP contribution in [0.2, 0.25) is 0 Å². The zero-order chi connectivity index (χ0) is 21.8. The van der Waals surface area contributed by atoms with E-state index in [2.05, 4.69) is 0 Å². The standard InChI is InChI=1S/C23H27N3O4S/c27-22(19-11-13-21(14-12-19)31(29,30)25-17-7-8-18-25)26(20-9-3-1-4-10-20)23(28)24-15-5-2-6-16-24/h1,3-4,9-14H,2,5-8,15-18H2. The number of anilines is 1. The van der Waals surface area contributed by atoms with Gasteiger partial charge in [0.15, 0.2) is 0 Å². The first kappa shape index (κ1) is 21.5. The third-order valence-electron chi connectivity index (χ3n) is 5.84. The Morgan fingerprint density at radius 3 is 1.94 bits per heavy atom. The molecule has 0 atom stereocenters. The smallest absolute Gasteiger partial charge is 0.324 e. The van der Waals surface area contributed by atoms with Crippen molar-refractivity contribution in [1.29, 1.82) is 0 Å². The summed E-state index contributed by atoms with van der Waals surface area (Å²) in [5.41, 5.74) is 0.770. The molecule has 0 aliphatic carbocycles. The fourth-order valence-electron chi connectivity index (χ4n) is 4.09. The lowest BCUT2D eigenvalue weighted by Crippen LogP contribution is -2.48. The number of urea groups is 1. The summed E-state index contributed by atoms with van der Waals surface area (Å²) in [6, 6.07) is 14.4. The summed E-state index contributed by atoms with van der Waals surface area (Å²) in [6.45, 7) is 2.30. The van der Waals surface area contributed by atoms with Gasteiger partial charge >= 0.3 is 6.03 Å². The van der Waals surface area contributed by atoms with Crippen LogP contribution in [-0.4, -0.2) is 55.7 Å². The molecule has 4 rings (SSSR count). The summed E-state index contributed by atoms with van der Waals surface area (Å²) in [4.78, 5) is 29.7. The van der Waals surface area contributed by atoms with Crippen LogP contribution in [0.15, 0.2) is 59.5 Å². The fraction of sp³-hybridized carbons (Fsp3) is 0.391. The Morgan fingerprint density at radius 2 is 1.32 bits per heavy atom. The zero-order valence-electron chi connectivity index (χ0n) is 17.4. The van der Waals surface area contributed by atoms with E-state index in [1.54, 1.807) is 29.2 Å². The Morgan fingerprint density at radius 1 is 0.742 bits per heavy atom. The third-order valence-corrected chi connectivity index (χ3v) is 7.75. The summed E-state index contributed by atoms with van der Waals surface area (Å²) >= 11 is 0. The second-order valence-corrected chi connectivity index (χ2v) is 9.88. The van der Waals surface area contributed by atoms with Crippen molar-refractivity contribution in [2.75, 3.05) is 31.1 Å². The highest BCUT2D eigenvalue weighted by Gasteiger charge is 2.31. The van der Waals surface area contributed by atoms with Crippen LogP contribution in [0, 0.1) is 0 Å². The van der Waals surface area contributed by atoms with E-state index in [1.807, 2.05) is 6.07 Å². The molecule has 3 amide bonds. The van der Waals surface area contributed by atoms with Gasteiger partial charge in [0.2, 0.25) is 10.0 Å². The second-order valence-electron chi connectivity index (χ2n) is 7.94. The van der Waals surface area contributed by atoms with Crippen LogP contribution in [0.25, 0.3) is 0 Å². The summed E-state index contributed by atoms with van der Waals surface area (Å²) < 4.78 is 27.0. The van der Waals surface area contributed by atoms with Crippen LogP contribution >= 0.6 is 0 Å². The third kappa shape index (κ3) is 4.50. The van der Waals surface area contributed by atoms with Crippen LogP contribution in [0.4, 0.5) is 10.5 Å². The number of benzene rings is 2. The van der Waals surface area contributed by atoms with Gasteiger partial charge in [-0.3, -0.25) is 4.79 Å². The number of rotatable bonds is 4. The van der Waals surface area contributed by atoms with Gasteiger partial charge in [0.05, 0.1) is 10.6 Å². The van der Waals surface area contributed by atoms with E-state index in [0.29, 0.717) is 31.9 Å². The van der Waals surface area contributed by atoms with Crippen molar-refractivity contribution in [3.63, 3.8) is 0 Å². The predicted molar refractivity (Wildman–Crippen MR) is 119 cm³/mol. The lowest BCUT2D eigenvalue weighted by atomic mass is 10.1. The van der Waals surface area contributed by atoms with Crippen molar-refractivity contribution in [1.82, 2.24) is 9.21 Å². The molecule has 0 unspecified atom stereocenters.